The average Bonchev–Trinajstić information content (AvgIpc) is 2.29. The third kappa shape index (κ3) is 3.71. The Morgan fingerprint density at radius 1 is 1.29 bits per heavy atom. The van der Waals surface area contributed by atoms with Crippen molar-refractivity contribution >= 4 is 15.7 Å². The molecule has 14 heavy (non-hydrogen) atoms. The first-order valence-electron chi connectivity index (χ1n) is 6.00. The van der Waals surface area contributed by atoms with Crippen LogP contribution in [0.3, 0.4) is 0 Å². The van der Waals surface area contributed by atoms with Crippen molar-refractivity contribution in [3.05, 3.63) is 0 Å². The summed E-state index contributed by atoms with van der Waals surface area (Å²) >= 11 is 0. The van der Waals surface area contributed by atoms with E-state index >= 15 is 0 Å². The van der Waals surface area contributed by atoms with E-state index in [4.69, 9.17) is 15.7 Å². The molecule has 0 nitrogen and oxygen atoms in total. The van der Waals surface area contributed by atoms with E-state index in [2.05, 4.69) is 13.8 Å². The number of hydrogen-bond donors (Lipinski definition) is 0. The molecule has 2 heteroatoms. The maximum absolute atomic E-state index is 5.87. The van der Waals surface area contributed by atoms with Crippen LogP contribution in [0, 0.1) is 17.8 Å². The van der Waals surface area contributed by atoms with Crippen LogP contribution in [-0.4, -0.2) is 15.7 Å². The monoisotopic (exact) mass is 188 g/mol. The second kappa shape index (κ2) is 4.77. The Kier molecular flexibility index (Phi) is 4.15. The lowest BCUT2D eigenvalue weighted by atomic mass is 9.52. The Hall–Kier alpha value is 0.130. The van der Waals surface area contributed by atoms with Gasteiger partial charge in [0.2, 0.25) is 0 Å². The summed E-state index contributed by atoms with van der Waals surface area (Å²) in [6.07, 6.45) is 6.40. The van der Waals surface area contributed by atoms with Gasteiger partial charge in [-0.3, -0.25) is 0 Å². The fourth-order valence-electron chi connectivity index (χ4n) is 2.97. The molecule has 3 atom stereocenters. The van der Waals surface area contributed by atoms with E-state index in [0.717, 1.165) is 24.2 Å². The maximum atomic E-state index is 5.87. The molecule has 0 aromatic rings. The molecule has 0 aliphatic heterocycles. The van der Waals surface area contributed by atoms with Crippen molar-refractivity contribution in [3.63, 3.8) is 0 Å². The Morgan fingerprint density at radius 2 is 1.93 bits per heavy atom. The average molecular weight is 188 g/mol. The topological polar surface area (TPSA) is 0 Å². The second-order valence-corrected chi connectivity index (χ2v) is 5.57. The summed E-state index contributed by atoms with van der Waals surface area (Å²) in [6, 6.07) is 0. The van der Waals surface area contributed by atoms with Gasteiger partial charge in [0.05, 0.1) is 15.7 Å². The van der Waals surface area contributed by atoms with Gasteiger partial charge in [-0.05, 0) is 30.6 Å². The normalized spacial score (nSPS) is 33.5. The van der Waals surface area contributed by atoms with Crippen LogP contribution in [0.1, 0.15) is 52.9 Å². The first kappa shape index (κ1) is 12.2. The summed E-state index contributed by atoms with van der Waals surface area (Å²) in [4.78, 5) is 0. The molecule has 0 saturated heterocycles. The Morgan fingerprint density at radius 3 is 2.43 bits per heavy atom. The van der Waals surface area contributed by atoms with E-state index < -0.39 is 5.21 Å². The minimum Gasteiger partial charge on any atom is -0.101 e. The van der Waals surface area contributed by atoms with Gasteiger partial charge in [-0.2, -0.15) is 0 Å². The summed E-state index contributed by atoms with van der Waals surface area (Å²) in [5.74, 6) is 2.51. The van der Waals surface area contributed by atoms with E-state index in [1.165, 1.54) is 25.7 Å². The van der Waals surface area contributed by atoms with Crippen molar-refractivity contribution in [2.75, 3.05) is 0 Å². The Balaban J connectivity index is 2.40. The van der Waals surface area contributed by atoms with Gasteiger partial charge in [-0.1, -0.05) is 40.0 Å². The van der Waals surface area contributed by atoms with Gasteiger partial charge >= 0.3 is 0 Å². The molecule has 0 aromatic heterocycles. The van der Waals surface area contributed by atoms with Crippen LogP contribution < -0.4 is 0 Å². The van der Waals surface area contributed by atoms with Gasteiger partial charge in [0.25, 0.3) is 0 Å². The molecule has 1 rings (SSSR count). The van der Waals surface area contributed by atoms with Crippen molar-refractivity contribution in [1.82, 2.24) is 0 Å². The molecule has 0 aromatic carbocycles. The lowest BCUT2D eigenvalue weighted by Crippen LogP contribution is -2.16. The quantitative estimate of drug-likeness (QED) is 0.593. The van der Waals surface area contributed by atoms with E-state index in [0.29, 0.717) is 0 Å². The zero-order chi connectivity index (χ0) is 10.8. The smallest absolute Gasteiger partial charge is 0.0617 e. The van der Waals surface area contributed by atoms with E-state index in [1.54, 1.807) is 0 Å². The van der Waals surface area contributed by atoms with Crippen molar-refractivity contribution in [3.8, 4) is 0 Å². The maximum Gasteiger partial charge on any atom is 0.0617 e. The lowest BCUT2D eigenvalue weighted by molar-refractivity contribution is 0.375. The molecule has 1 aliphatic carbocycles. The highest BCUT2D eigenvalue weighted by Gasteiger charge is 2.32. The molecule has 1 saturated carbocycles. The molecule has 0 heterocycles. The first-order valence-corrected chi connectivity index (χ1v) is 6.00. The molecule has 1 fully saturated rings. The fraction of sp³-hybridized carbons (Fsp3) is 1.00. The SMILES string of the molecule is [B]C([B])(C)CC1CC(CCC)CC1C. The molecule has 4 radical (unpaired) electrons. The molecule has 3 unspecified atom stereocenters. The highest BCUT2D eigenvalue weighted by molar-refractivity contribution is 6.39. The van der Waals surface area contributed by atoms with Crippen LogP contribution in [0.4, 0.5) is 0 Å². The van der Waals surface area contributed by atoms with Crippen LogP contribution in [-0.2, 0) is 0 Å². The standard InChI is InChI=1S/C12H22B2/c1-4-5-10-6-9(2)11(7-10)8-12(3,13)14/h9-11H,4-8H2,1-3H3. The zero-order valence-corrected chi connectivity index (χ0v) is 9.92. The third-order valence-electron chi connectivity index (χ3n) is 3.54. The van der Waals surface area contributed by atoms with Crippen molar-refractivity contribution < 1.29 is 0 Å². The Bertz CT molecular complexity index is 172. The lowest BCUT2D eigenvalue weighted by Gasteiger charge is -2.26. The van der Waals surface area contributed by atoms with Crippen LogP contribution in [0.2, 0.25) is 5.21 Å². The molecule has 1 aliphatic rings. The largest absolute Gasteiger partial charge is 0.101 e. The van der Waals surface area contributed by atoms with Gasteiger partial charge in [0.15, 0.2) is 0 Å². The molecule has 0 amide bonds. The van der Waals surface area contributed by atoms with Gasteiger partial charge in [-0.15, -0.1) is 5.21 Å². The van der Waals surface area contributed by atoms with Gasteiger partial charge < -0.3 is 0 Å². The highest BCUT2D eigenvalue weighted by atomic mass is 14.4. The van der Waals surface area contributed by atoms with Crippen LogP contribution in [0.15, 0.2) is 0 Å². The minimum absolute atomic E-state index is 0.472. The first-order chi connectivity index (χ1) is 6.42. The van der Waals surface area contributed by atoms with Gasteiger partial charge in [-0.25, -0.2) is 0 Å². The summed E-state index contributed by atoms with van der Waals surface area (Å²) < 4.78 is 0. The number of rotatable bonds is 4. The van der Waals surface area contributed by atoms with Gasteiger partial charge in [0.1, 0.15) is 0 Å². The van der Waals surface area contributed by atoms with Crippen molar-refractivity contribution in [2.45, 2.75) is 58.1 Å². The second-order valence-electron chi connectivity index (χ2n) is 5.57. The summed E-state index contributed by atoms with van der Waals surface area (Å²) in [5, 5.41) is -0.472. The summed E-state index contributed by atoms with van der Waals surface area (Å²) in [5.41, 5.74) is 0. The molecular formula is C12H22B2. The minimum atomic E-state index is -0.472. The molecule has 0 spiro atoms. The van der Waals surface area contributed by atoms with E-state index in [9.17, 15) is 0 Å². The number of hydrogen-bond acceptors (Lipinski definition) is 0. The van der Waals surface area contributed by atoms with E-state index in [1.807, 2.05) is 6.92 Å². The van der Waals surface area contributed by atoms with Gasteiger partial charge in [0, 0.05) is 0 Å². The predicted molar refractivity (Wildman–Crippen MR) is 64.8 cm³/mol. The summed E-state index contributed by atoms with van der Waals surface area (Å²) in [7, 11) is 11.7. The molecule has 0 N–H and O–H groups in total. The van der Waals surface area contributed by atoms with E-state index in [-0.39, 0.29) is 0 Å². The highest BCUT2D eigenvalue weighted by Crippen LogP contribution is 2.44. The van der Waals surface area contributed by atoms with Crippen LogP contribution >= 0.6 is 0 Å². The predicted octanol–water partition coefficient (Wildman–Crippen LogP) is 3.31. The summed E-state index contributed by atoms with van der Waals surface area (Å²) in [6.45, 7) is 6.56. The van der Waals surface area contributed by atoms with Crippen LogP contribution in [0.25, 0.3) is 0 Å². The fourth-order valence-corrected chi connectivity index (χ4v) is 2.97. The molecule has 76 valence electrons. The third-order valence-corrected chi connectivity index (χ3v) is 3.54. The zero-order valence-electron chi connectivity index (χ0n) is 9.92. The van der Waals surface area contributed by atoms with Crippen LogP contribution in [0.5, 0.6) is 0 Å². The van der Waals surface area contributed by atoms with Crippen molar-refractivity contribution in [2.24, 2.45) is 17.8 Å². The van der Waals surface area contributed by atoms with Crippen molar-refractivity contribution in [1.29, 1.82) is 0 Å². The molecular weight excluding hydrogens is 166 g/mol. The Labute approximate surface area is 92.1 Å². The molecule has 0 bridgehead atoms.